The summed E-state index contributed by atoms with van der Waals surface area (Å²) in [4.78, 5) is 0.516. The molecule has 3 rings (SSSR count). The molecule has 1 aliphatic carbocycles. The molecule has 0 fully saturated rings. The van der Waals surface area contributed by atoms with Gasteiger partial charge in [0.25, 0.3) is 0 Å². The first-order valence-corrected chi connectivity index (χ1v) is 7.72. The van der Waals surface area contributed by atoms with Crippen LogP contribution in [0, 0.1) is 0 Å². The molecule has 0 bridgehead atoms. The third-order valence-corrected chi connectivity index (χ3v) is 4.01. The molecule has 2 nitrogen and oxygen atoms in total. The number of thiocarbonyl (C=S) groups is 1. The van der Waals surface area contributed by atoms with Crippen molar-refractivity contribution < 1.29 is 4.74 Å². The second-order valence-electron chi connectivity index (χ2n) is 5.53. The van der Waals surface area contributed by atoms with E-state index in [-0.39, 0.29) is 0 Å². The number of benzene rings is 2. The fourth-order valence-corrected chi connectivity index (χ4v) is 2.95. The molecule has 0 aromatic heterocycles. The maximum absolute atomic E-state index is 5.85. The Morgan fingerprint density at radius 3 is 2.48 bits per heavy atom. The summed E-state index contributed by atoms with van der Waals surface area (Å²) in [5.41, 5.74) is 10.9. The van der Waals surface area contributed by atoms with Gasteiger partial charge >= 0.3 is 0 Å². The predicted octanol–water partition coefficient (Wildman–Crippen LogP) is 3.58. The van der Waals surface area contributed by atoms with Crippen LogP contribution in [0.25, 0.3) is 0 Å². The zero-order valence-corrected chi connectivity index (χ0v) is 12.8. The van der Waals surface area contributed by atoms with E-state index in [0.29, 0.717) is 18.0 Å². The van der Waals surface area contributed by atoms with Crippen molar-refractivity contribution in [1.82, 2.24) is 0 Å². The van der Waals surface area contributed by atoms with Crippen molar-refractivity contribution in [2.45, 2.75) is 32.3 Å². The number of nitrogens with two attached hydrogens (primary N) is 1. The average Bonchev–Trinajstić information content (AvgIpc) is 2.93. The molecular weight excluding hydrogens is 278 g/mol. The van der Waals surface area contributed by atoms with E-state index < -0.39 is 0 Å². The lowest BCUT2D eigenvalue weighted by Gasteiger charge is -2.09. The van der Waals surface area contributed by atoms with Crippen LogP contribution in [0.4, 0.5) is 0 Å². The van der Waals surface area contributed by atoms with Gasteiger partial charge in [-0.25, -0.2) is 0 Å². The zero-order valence-electron chi connectivity index (χ0n) is 12.0. The van der Waals surface area contributed by atoms with Crippen LogP contribution in [0.2, 0.25) is 0 Å². The summed E-state index contributed by atoms with van der Waals surface area (Å²) in [7, 11) is 0. The van der Waals surface area contributed by atoms with Crippen LogP contribution in [0.3, 0.4) is 0 Å². The van der Waals surface area contributed by atoms with Crippen molar-refractivity contribution in [3.05, 3.63) is 64.7 Å². The zero-order chi connectivity index (χ0) is 14.7. The van der Waals surface area contributed by atoms with Crippen LogP contribution in [0.5, 0.6) is 5.75 Å². The smallest absolute Gasteiger partial charge is 0.119 e. The SMILES string of the molecule is NC(=S)Cc1ccc(OCc2ccc3c(c2)CCC3)cc1. The maximum atomic E-state index is 5.85. The molecule has 2 N–H and O–H groups in total. The normalized spacial score (nSPS) is 13.0. The molecule has 21 heavy (non-hydrogen) atoms. The molecule has 108 valence electrons. The summed E-state index contributed by atoms with van der Waals surface area (Å²) < 4.78 is 5.85. The molecule has 2 aromatic carbocycles. The highest BCUT2D eigenvalue weighted by Crippen LogP contribution is 2.23. The summed E-state index contributed by atoms with van der Waals surface area (Å²) in [6.45, 7) is 0.613. The number of fused-ring (bicyclic) bond motifs is 1. The minimum Gasteiger partial charge on any atom is -0.489 e. The molecule has 0 heterocycles. The Bertz CT molecular complexity index is 649. The minimum absolute atomic E-state index is 0.516. The van der Waals surface area contributed by atoms with Gasteiger partial charge in [0.1, 0.15) is 12.4 Å². The molecule has 0 amide bonds. The fourth-order valence-electron chi connectivity index (χ4n) is 2.79. The van der Waals surface area contributed by atoms with Crippen molar-refractivity contribution in [2.75, 3.05) is 0 Å². The van der Waals surface area contributed by atoms with Gasteiger partial charge in [0.15, 0.2) is 0 Å². The summed E-state index contributed by atoms with van der Waals surface area (Å²) in [5.74, 6) is 0.877. The monoisotopic (exact) mass is 297 g/mol. The molecule has 0 radical (unpaired) electrons. The first-order chi connectivity index (χ1) is 10.2. The highest BCUT2D eigenvalue weighted by Gasteiger charge is 2.10. The molecule has 0 unspecified atom stereocenters. The lowest BCUT2D eigenvalue weighted by Crippen LogP contribution is -2.10. The van der Waals surface area contributed by atoms with Gasteiger partial charge in [-0.3, -0.25) is 0 Å². The first-order valence-electron chi connectivity index (χ1n) is 7.31. The van der Waals surface area contributed by atoms with E-state index in [1.54, 1.807) is 0 Å². The maximum Gasteiger partial charge on any atom is 0.119 e. The van der Waals surface area contributed by atoms with Crippen molar-refractivity contribution in [2.24, 2.45) is 5.73 Å². The molecule has 2 aromatic rings. The van der Waals surface area contributed by atoms with Crippen molar-refractivity contribution >= 4 is 17.2 Å². The molecule has 0 spiro atoms. The fraction of sp³-hybridized carbons (Fsp3) is 0.278. The summed E-state index contributed by atoms with van der Waals surface area (Å²) in [6, 6.07) is 14.7. The average molecular weight is 297 g/mol. The lowest BCUT2D eigenvalue weighted by molar-refractivity contribution is 0.306. The summed E-state index contributed by atoms with van der Waals surface area (Å²) in [5, 5.41) is 0. The first kappa shape index (κ1) is 14.1. The van der Waals surface area contributed by atoms with Crippen molar-refractivity contribution in [3.8, 4) is 5.75 Å². The molecule has 3 heteroatoms. The second kappa shape index (κ2) is 6.27. The van der Waals surface area contributed by atoms with E-state index in [1.807, 2.05) is 24.3 Å². The highest BCUT2D eigenvalue weighted by atomic mass is 32.1. The van der Waals surface area contributed by atoms with Crippen LogP contribution in [0.1, 0.15) is 28.7 Å². The van der Waals surface area contributed by atoms with E-state index in [4.69, 9.17) is 22.7 Å². The topological polar surface area (TPSA) is 35.2 Å². The Morgan fingerprint density at radius 2 is 1.71 bits per heavy atom. The quantitative estimate of drug-likeness (QED) is 0.857. The van der Waals surface area contributed by atoms with Gasteiger partial charge in [0, 0.05) is 6.42 Å². The van der Waals surface area contributed by atoms with Crippen LogP contribution < -0.4 is 10.5 Å². The number of rotatable bonds is 5. The predicted molar refractivity (Wildman–Crippen MR) is 89.7 cm³/mol. The molecular formula is C18H19NOS. The Balaban J connectivity index is 1.61. The molecule has 1 aliphatic rings. The van der Waals surface area contributed by atoms with Crippen molar-refractivity contribution in [3.63, 3.8) is 0 Å². The molecule has 0 saturated heterocycles. The highest BCUT2D eigenvalue weighted by molar-refractivity contribution is 7.80. The minimum atomic E-state index is 0.516. The number of hydrogen-bond donors (Lipinski definition) is 1. The van der Waals surface area contributed by atoms with Gasteiger partial charge in [-0.15, -0.1) is 0 Å². The summed E-state index contributed by atoms with van der Waals surface area (Å²) in [6.07, 6.45) is 4.35. The molecule has 0 atom stereocenters. The molecule has 0 aliphatic heterocycles. The van der Waals surface area contributed by atoms with Gasteiger partial charge in [0.05, 0.1) is 4.99 Å². The Labute approximate surface area is 130 Å². The van der Waals surface area contributed by atoms with Crippen LogP contribution in [-0.4, -0.2) is 4.99 Å². The van der Waals surface area contributed by atoms with E-state index in [9.17, 15) is 0 Å². The Hall–Kier alpha value is -1.87. The van der Waals surface area contributed by atoms with Crippen molar-refractivity contribution in [1.29, 1.82) is 0 Å². The van der Waals surface area contributed by atoms with Gasteiger partial charge < -0.3 is 10.5 Å². The van der Waals surface area contributed by atoms with Gasteiger partial charge in [-0.2, -0.15) is 0 Å². The van der Waals surface area contributed by atoms with Gasteiger partial charge in [0.2, 0.25) is 0 Å². The van der Waals surface area contributed by atoms with Crippen LogP contribution in [-0.2, 0) is 25.9 Å². The standard InChI is InChI=1S/C18H19NOS/c19-18(21)11-13-5-8-17(9-6-13)20-12-14-4-7-15-2-1-3-16(15)10-14/h4-10H,1-3,11-12H2,(H2,19,21). The molecule has 0 saturated carbocycles. The van der Waals surface area contributed by atoms with E-state index in [1.165, 1.54) is 36.0 Å². The third kappa shape index (κ3) is 3.61. The van der Waals surface area contributed by atoms with E-state index >= 15 is 0 Å². The van der Waals surface area contributed by atoms with E-state index in [2.05, 4.69) is 18.2 Å². The third-order valence-electron chi connectivity index (χ3n) is 3.87. The number of hydrogen-bond acceptors (Lipinski definition) is 2. The lowest BCUT2D eigenvalue weighted by atomic mass is 10.1. The Morgan fingerprint density at radius 1 is 1.00 bits per heavy atom. The Kier molecular flexibility index (Phi) is 4.20. The largest absolute Gasteiger partial charge is 0.489 e. The van der Waals surface area contributed by atoms with Crippen LogP contribution >= 0.6 is 12.2 Å². The van der Waals surface area contributed by atoms with Crippen LogP contribution in [0.15, 0.2) is 42.5 Å². The number of ether oxygens (including phenoxy) is 1. The van der Waals surface area contributed by atoms with E-state index in [0.717, 1.165) is 11.3 Å². The number of aryl methyl sites for hydroxylation is 2. The van der Waals surface area contributed by atoms with Gasteiger partial charge in [-0.1, -0.05) is 42.5 Å². The van der Waals surface area contributed by atoms with Gasteiger partial charge in [-0.05, 0) is 53.6 Å². The second-order valence-corrected chi connectivity index (χ2v) is 6.06. The summed E-state index contributed by atoms with van der Waals surface area (Å²) >= 11 is 4.91.